The van der Waals surface area contributed by atoms with Crippen LogP contribution in [-0.4, -0.2) is 18.0 Å². The molecular weight excluding hydrogens is 270 g/mol. The van der Waals surface area contributed by atoms with Gasteiger partial charge in [0.2, 0.25) is 0 Å². The molecule has 0 saturated carbocycles. The van der Waals surface area contributed by atoms with Crippen LogP contribution in [0.5, 0.6) is 0 Å². The van der Waals surface area contributed by atoms with Crippen molar-refractivity contribution in [3.8, 4) is 0 Å². The predicted molar refractivity (Wildman–Crippen MR) is 80.9 cm³/mol. The number of benzene rings is 2. The number of urea groups is 1. The SMILES string of the molecule is CNC(=O)N(c1ccc(C)cc1)c1ccc([N+](=O)[O-])cc1. The standard InChI is InChI=1S/C15H15N3O3/c1-11-3-5-12(6-4-11)17(15(19)16-2)13-7-9-14(10-8-13)18(20)21/h3-10H,1-2H3,(H,16,19). The average Bonchev–Trinajstić information content (AvgIpc) is 2.49. The number of nitrogens with zero attached hydrogens (tertiary/aromatic N) is 2. The zero-order chi connectivity index (χ0) is 15.4. The number of hydrogen-bond donors (Lipinski definition) is 1. The van der Waals surface area contributed by atoms with Crippen LogP contribution in [0, 0.1) is 17.0 Å². The van der Waals surface area contributed by atoms with Crippen LogP contribution >= 0.6 is 0 Å². The Morgan fingerprint density at radius 2 is 1.52 bits per heavy atom. The fourth-order valence-electron chi connectivity index (χ4n) is 1.91. The summed E-state index contributed by atoms with van der Waals surface area (Å²) < 4.78 is 0. The van der Waals surface area contributed by atoms with Crippen LogP contribution < -0.4 is 10.2 Å². The van der Waals surface area contributed by atoms with Crippen LogP contribution in [0.15, 0.2) is 48.5 Å². The first-order valence-electron chi connectivity index (χ1n) is 6.36. The number of carbonyl (C=O) groups excluding carboxylic acids is 1. The third-order valence-corrected chi connectivity index (χ3v) is 3.03. The Labute approximate surface area is 122 Å². The van der Waals surface area contributed by atoms with E-state index in [1.165, 1.54) is 24.1 Å². The van der Waals surface area contributed by atoms with E-state index in [2.05, 4.69) is 5.32 Å². The quantitative estimate of drug-likeness (QED) is 0.693. The van der Waals surface area contributed by atoms with Crippen molar-refractivity contribution in [1.29, 1.82) is 0 Å². The Balaban J connectivity index is 2.42. The van der Waals surface area contributed by atoms with E-state index in [-0.39, 0.29) is 11.7 Å². The molecule has 1 N–H and O–H groups in total. The van der Waals surface area contributed by atoms with E-state index < -0.39 is 4.92 Å². The Morgan fingerprint density at radius 3 is 1.95 bits per heavy atom. The molecule has 6 heteroatoms. The molecule has 0 aliphatic heterocycles. The summed E-state index contributed by atoms with van der Waals surface area (Å²) in [7, 11) is 1.54. The monoisotopic (exact) mass is 285 g/mol. The lowest BCUT2D eigenvalue weighted by Crippen LogP contribution is -2.34. The highest BCUT2D eigenvalue weighted by molar-refractivity contribution is 5.99. The summed E-state index contributed by atoms with van der Waals surface area (Å²) in [6.07, 6.45) is 0. The van der Waals surface area contributed by atoms with Gasteiger partial charge in [-0.3, -0.25) is 15.0 Å². The second-order valence-electron chi connectivity index (χ2n) is 4.50. The van der Waals surface area contributed by atoms with Crippen molar-refractivity contribution < 1.29 is 9.72 Å². The summed E-state index contributed by atoms with van der Waals surface area (Å²) in [6.45, 7) is 1.96. The summed E-state index contributed by atoms with van der Waals surface area (Å²) in [5.41, 5.74) is 2.32. The predicted octanol–water partition coefficient (Wildman–Crippen LogP) is 3.38. The third kappa shape index (κ3) is 3.17. The number of nitro benzene ring substituents is 1. The van der Waals surface area contributed by atoms with Crippen LogP contribution in [0.4, 0.5) is 21.9 Å². The largest absolute Gasteiger partial charge is 0.340 e. The molecule has 2 amide bonds. The summed E-state index contributed by atoms with van der Waals surface area (Å²) in [5.74, 6) is 0. The van der Waals surface area contributed by atoms with Gasteiger partial charge in [-0.05, 0) is 31.2 Å². The van der Waals surface area contributed by atoms with Gasteiger partial charge in [0.25, 0.3) is 5.69 Å². The van der Waals surface area contributed by atoms with Crippen LogP contribution in [0.25, 0.3) is 0 Å². The van der Waals surface area contributed by atoms with Crippen molar-refractivity contribution in [2.45, 2.75) is 6.92 Å². The molecule has 21 heavy (non-hydrogen) atoms. The van der Waals surface area contributed by atoms with Gasteiger partial charge in [0.05, 0.1) is 16.3 Å². The first-order chi connectivity index (χ1) is 10.0. The first-order valence-corrected chi connectivity index (χ1v) is 6.36. The van der Waals surface area contributed by atoms with Crippen molar-refractivity contribution in [2.75, 3.05) is 11.9 Å². The van der Waals surface area contributed by atoms with Gasteiger partial charge in [-0.1, -0.05) is 17.7 Å². The van der Waals surface area contributed by atoms with E-state index in [1.807, 2.05) is 31.2 Å². The second kappa shape index (κ2) is 6.04. The molecule has 0 bridgehead atoms. The number of nitrogens with one attached hydrogen (secondary N) is 1. The van der Waals surface area contributed by atoms with Gasteiger partial charge in [0.1, 0.15) is 0 Å². The molecule has 0 fully saturated rings. The molecule has 2 aromatic rings. The van der Waals surface area contributed by atoms with E-state index in [4.69, 9.17) is 0 Å². The van der Waals surface area contributed by atoms with Crippen LogP contribution in [0.1, 0.15) is 5.56 Å². The van der Waals surface area contributed by atoms with Crippen LogP contribution in [-0.2, 0) is 0 Å². The average molecular weight is 285 g/mol. The van der Waals surface area contributed by atoms with Gasteiger partial charge in [-0.15, -0.1) is 0 Å². The smallest absolute Gasteiger partial charge is 0.326 e. The fourth-order valence-corrected chi connectivity index (χ4v) is 1.91. The number of carbonyl (C=O) groups is 1. The summed E-state index contributed by atoms with van der Waals surface area (Å²) in [6, 6.07) is 13.0. The maximum atomic E-state index is 12.1. The van der Waals surface area contributed by atoms with Crippen molar-refractivity contribution in [3.63, 3.8) is 0 Å². The zero-order valence-electron chi connectivity index (χ0n) is 11.7. The molecule has 0 unspecified atom stereocenters. The number of non-ortho nitro benzene ring substituents is 1. The fraction of sp³-hybridized carbons (Fsp3) is 0.133. The van der Waals surface area contributed by atoms with Gasteiger partial charge in [-0.25, -0.2) is 4.79 Å². The summed E-state index contributed by atoms with van der Waals surface area (Å²) in [5, 5.41) is 13.3. The number of rotatable bonds is 3. The van der Waals surface area contributed by atoms with Crippen molar-refractivity contribution >= 4 is 23.1 Å². The lowest BCUT2D eigenvalue weighted by Gasteiger charge is -2.22. The number of hydrogen-bond acceptors (Lipinski definition) is 3. The Hall–Kier alpha value is -2.89. The molecule has 0 radical (unpaired) electrons. The van der Waals surface area contributed by atoms with Gasteiger partial charge in [-0.2, -0.15) is 0 Å². The summed E-state index contributed by atoms with van der Waals surface area (Å²) in [4.78, 5) is 23.8. The maximum Gasteiger partial charge on any atom is 0.326 e. The van der Waals surface area contributed by atoms with Crippen molar-refractivity contribution in [3.05, 3.63) is 64.2 Å². The molecule has 0 aromatic heterocycles. The Kier molecular flexibility index (Phi) is 4.18. The topological polar surface area (TPSA) is 75.5 Å². The van der Waals surface area contributed by atoms with Crippen LogP contribution in [0.3, 0.4) is 0 Å². The van der Waals surface area contributed by atoms with Crippen LogP contribution in [0.2, 0.25) is 0 Å². The molecule has 2 aromatic carbocycles. The molecular formula is C15H15N3O3. The van der Waals surface area contributed by atoms with Crippen molar-refractivity contribution in [2.24, 2.45) is 0 Å². The van der Waals surface area contributed by atoms with E-state index >= 15 is 0 Å². The summed E-state index contributed by atoms with van der Waals surface area (Å²) >= 11 is 0. The van der Waals surface area contributed by atoms with Gasteiger partial charge >= 0.3 is 6.03 Å². The van der Waals surface area contributed by atoms with E-state index in [1.54, 1.807) is 12.1 Å². The maximum absolute atomic E-state index is 12.1. The van der Waals surface area contributed by atoms with Gasteiger partial charge in [0, 0.05) is 19.2 Å². The van der Waals surface area contributed by atoms with Gasteiger partial charge < -0.3 is 5.32 Å². The lowest BCUT2D eigenvalue weighted by molar-refractivity contribution is -0.384. The second-order valence-corrected chi connectivity index (χ2v) is 4.50. The number of amides is 2. The zero-order valence-corrected chi connectivity index (χ0v) is 11.7. The minimum Gasteiger partial charge on any atom is -0.340 e. The van der Waals surface area contributed by atoms with E-state index in [0.29, 0.717) is 11.4 Å². The highest BCUT2D eigenvalue weighted by Crippen LogP contribution is 2.27. The highest BCUT2D eigenvalue weighted by atomic mass is 16.6. The normalized spacial score (nSPS) is 10.0. The molecule has 0 spiro atoms. The van der Waals surface area contributed by atoms with E-state index in [9.17, 15) is 14.9 Å². The number of aryl methyl sites for hydroxylation is 1. The molecule has 2 rings (SSSR count). The minimum atomic E-state index is -0.472. The minimum absolute atomic E-state index is 0.0143. The molecule has 0 aliphatic rings. The highest BCUT2D eigenvalue weighted by Gasteiger charge is 2.17. The molecule has 0 atom stereocenters. The molecule has 6 nitrogen and oxygen atoms in total. The number of nitro groups is 1. The Morgan fingerprint density at radius 1 is 1.05 bits per heavy atom. The van der Waals surface area contributed by atoms with E-state index in [0.717, 1.165) is 5.56 Å². The molecule has 0 aliphatic carbocycles. The Bertz CT molecular complexity index is 651. The van der Waals surface area contributed by atoms with Crippen molar-refractivity contribution in [1.82, 2.24) is 5.32 Å². The number of anilines is 2. The molecule has 0 saturated heterocycles. The molecule has 0 heterocycles. The first kappa shape index (κ1) is 14.5. The third-order valence-electron chi connectivity index (χ3n) is 3.03. The van der Waals surface area contributed by atoms with Gasteiger partial charge in [0.15, 0.2) is 0 Å². The lowest BCUT2D eigenvalue weighted by atomic mass is 10.2. The molecule has 108 valence electrons.